The topological polar surface area (TPSA) is 54.0 Å². The number of carbonyl (C=O) groups is 1. The van der Waals surface area contributed by atoms with Crippen LogP contribution in [0, 0.1) is 19.8 Å². The average molecular weight is 524 g/mol. The maximum Gasteiger partial charge on any atom is 0.155 e. The molecular formula is C33H37N3OS. The van der Waals surface area contributed by atoms with Gasteiger partial charge in [-0.2, -0.15) is 0 Å². The second kappa shape index (κ2) is 12.2. The molecule has 38 heavy (non-hydrogen) atoms. The fourth-order valence-corrected chi connectivity index (χ4v) is 5.43. The molecule has 0 aliphatic rings. The summed E-state index contributed by atoms with van der Waals surface area (Å²) in [6.07, 6.45) is 1.48. The molecule has 0 radical (unpaired) electrons. The zero-order valence-electron chi connectivity index (χ0n) is 23.0. The van der Waals surface area contributed by atoms with Crippen molar-refractivity contribution in [2.24, 2.45) is 5.92 Å². The van der Waals surface area contributed by atoms with Crippen molar-refractivity contribution in [1.29, 1.82) is 0 Å². The van der Waals surface area contributed by atoms with Crippen molar-refractivity contribution in [3.8, 4) is 21.7 Å². The van der Waals surface area contributed by atoms with Gasteiger partial charge in [-0.15, -0.1) is 11.3 Å². The van der Waals surface area contributed by atoms with E-state index in [9.17, 15) is 4.79 Å². The smallest absolute Gasteiger partial charge is 0.155 e. The number of carbonyl (C=O) groups excluding carboxylic acids is 1. The standard InChI is InChI=1S/C33H37N3OS/c1-7-8-30(37)31(21(2)3)36-29-19-15-26(16-20-29)25-13-17-28(18-14-25)34-23(5)32-24(6)35-33(38-32)27-11-9-22(4)10-12-27/h9-21,31,34,36H,5,7-8H2,1-4,6H3. The van der Waals surface area contributed by atoms with Crippen LogP contribution in [-0.2, 0) is 4.79 Å². The maximum atomic E-state index is 12.5. The molecule has 0 aliphatic carbocycles. The van der Waals surface area contributed by atoms with Crippen LogP contribution >= 0.6 is 11.3 Å². The minimum Gasteiger partial charge on any atom is -0.375 e. The molecule has 1 aromatic heterocycles. The number of hydrogen-bond donors (Lipinski definition) is 2. The van der Waals surface area contributed by atoms with Gasteiger partial charge in [0.05, 0.1) is 22.3 Å². The Morgan fingerprint density at radius 3 is 1.97 bits per heavy atom. The molecule has 0 saturated heterocycles. The van der Waals surface area contributed by atoms with Gasteiger partial charge in [0.2, 0.25) is 0 Å². The lowest BCUT2D eigenvalue weighted by molar-refractivity contribution is -0.120. The number of nitrogens with zero attached hydrogens (tertiary/aromatic N) is 1. The molecule has 0 bridgehead atoms. The summed E-state index contributed by atoms with van der Waals surface area (Å²) in [6, 6.07) is 25.0. The summed E-state index contributed by atoms with van der Waals surface area (Å²) in [5, 5.41) is 7.88. The SMILES string of the molecule is C=C(Nc1ccc(-c2ccc(NC(C(=O)CCC)C(C)C)cc2)cc1)c1sc(-c2ccc(C)cc2)nc1C. The minimum absolute atomic E-state index is 0.158. The molecule has 0 amide bonds. The van der Waals surface area contributed by atoms with Crippen molar-refractivity contribution in [3.63, 3.8) is 0 Å². The summed E-state index contributed by atoms with van der Waals surface area (Å²) in [7, 11) is 0. The molecule has 3 aromatic carbocycles. The fraction of sp³-hybridized carbons (Fsp3) is 0.273. The van der Waals surface area contributed by atoms with E-state index in [4.69, 9.17) is 4.98 Å². The van der Waals surface area contributed by atoms with Crippen LogP contribution in [0.25, 0.3) is 27.4 Å². The molecule has 4 aromatic rings. The molecule has 0 aliphatic heterocycles. The highest BCUT2D eigenvalue weighted by atomic mass is 32.1. The predicted octanol–water partition coefficient (Wildman–Crippen LogP) is 8.98. The molecule has 1 unspecified atom stereocenters. The largest absolute Gasteiger partial charge is 0.375 e. The van der Waals surface area contributed by atoms with Crippen LogP contribution in [-0.4, -0.2) is 16.8 Å². The Hall–Kier alpha value is -3.70. The zero-order chi connectivity index (χ0) is 27.2. The summed E-state index contributed by atoms with van der Waals surface area (Å²) < 4.78 is 0. The Morgan fingerprint density at radius 1 is 0.868 bits per heavy atom. The summed E-state index contributed by atoms with van der Waals surface area (Å²) in [4.78, 5) is 18.3. The monoisotopic (exact) mass is 523 g/mol. The summed E-state index contributed by atoms with van der Waals surface area (Å²) in [6.45, 7) is 14.6. The second-order valence-electron chi connectivity index (χ2n) is 10.1. The van der Waals surface area contributed by atoms with Crippen molar-refractivity contribution in [2.75, 3.05) is 10.6 Å². The number of aryl methyl sites for hydroxylation is 2. The van der Waals surface area contributed by atoms with Crippen LogP contribution in [0.15, 0.2) is 79.4 Å². The van der Waals surface area contributed by atoms with Gasteiger partial charge in [-0.3, -0.25) is 4.79 Å². The zero-order valence-corrected chi connectivity index (χ0v) is 23.8. The lowest BCUT2D eigenvalue weighted by Crippen LogP contribution is -2.34. The van der Waals surface area contributed by atoms with E-state index >= 15 is 0 Å². The first-order valence-electron chi connectivity index (χ1n) is 13.3. The lowest BCUT2D eigenvalue weighted by Gasteiger charge is -2.22. The quantitative estimate of drug-likeness (QED) is 0.206. The molecule has 196 valence electrons. The first kappa shape index (κ1) is 27.3. The van der Waals surface area contributed by atoms with Crippen molar-refractivity contribution in [3.05, 3.63) is 95.5 Å². The number of benzene rings is 3. The highest BCUT2D eigenvalue weighted by Crippen LogP contribution is 2.33. The van der Waals surface area contributed by atoms with E-state index in [0.717, 1.165) is 55.8 Å². The number of aromatic nitrogens is 1. The summed E-state index contributed by atoms with van der Waals surface area (Å²) in [5.41, 5.74) is 8.40. The molecule has 5 heteroatoms. The Bertz CT molecular complexity index is 1380. The molecule has 0 fully saturated rings. The second-order valence-corrected chi connectivity index (χ2v) is 11.1. The molecule has 4 nitrogen and oxygen atoms in total. The van der Waals surface area contributed by atoms with Gasteiger partial charge in [-0.05, 0) is 61.6 Å². The van der Waals surface area contributed by atoms with Crippen molar-refractivity contribution in [1.82, 2.24) is 4.98 Å². The van der Waals surface area contributed by atoms with E-state index in [1.807, 2.05) is 13.8 Å². The Morgan fingerprint density at radius 2 is 1.42 bits per heavy atom. The van der Waals surface area contributed by atoms with E-state index < -0.39 is 0 Å². The lowest BCUT2D eigenvalue weighted by atomic mass is 9.96. The summed E-state index contributed by atoms with van der Waals surface area (Å²) in [5.74, 6) is 0.516. The van der Waals surface area contributed by atoms with Gasteiger partial charge < -0.3 is 10.6 Å². The van der Waals surface area contributed by atoms with Crippen molar-refractivity contribution >= 4 is 34.2 Å². The van der Waals surface area contributed by atoms with Gasteiger partial charge >= 0.3 is 0 Å². The van der Waals surface area contributed by atoms with Gasteiger partial charge in [-0.25, -0.2) is 4.98 Å². The van der Waals surface area contributed by atoms with E-state index in [0.29, 0.717) is 6.42 Å². The average Bonchev–Trinajstić information content (AvgIpc) is 3.30. The van der Waals surface area contributed by atoms with Gasteiger partial charge in [-0.1, -0.05) is 81.4 Å². The van der Waals surface area contributed by atoms with Crippen LogP contribution in [0.2, 0.25) is 0 Å². The molecule has 2 N–H and O–H groups in total. The van der Waals surface area contributed by atoms with Crippen LogP contribution in [0.3, 0.4) is 0 Å². The molecule has 4 rings (SSSR count). The molecule has 0 saturated carbocycles. The van der Waals surface area contributed by atoms with Crippen LogP contribution < -0.4 is 10.6 Å². The third-order valence-corrected chi connectivity index (χ3v) is 7.87. The number of ketones is 1. The third kappa shape index (κ3) is 6.59. The van der Waals surface area contributed by atoms with Crippen LogP contribution in [0.4, 0.5) is 11.4 Å². The van der Waals surface area contributed by atoms with Crippen LogP contribution in [0.5, 0.6) is 0 Å². The number of nitrogens with one attached hydrogen (secondary N) is 2. The van der Waals surface area contributed by atoms with Gasteiger partial charge in [0.25, 0.3) is 0 Å². The number of hydrogen-bond acceptors (Lipinski definition) is 5. The molecule has 0 spiro atoms. The normalized spacial score (nSPS) is 11.8. The van der Waals surface area contributed by atoms with Gasteiger partial charge in [0.1, 0.15) is 5.01 Å². The summed E-state index contributed by atoms with van der Waals surface area (Å²) >= 11 is 1.66. The maximum absolute atomic E-state index is 12.5. The molecular weight excluding hydrogens is 486 g/mol. The van der Waals surface area contributed by atoms with Crippen molar-refractivity contribution in [2.45, 2.75) is 53.5 Å². The molecule has 1 atom stereocenters. The van der Waals surface area contributed by atoms with Gasteiger partial charge in [0.15, 0.2) is 5.78 Å². The third-order valence-electron chi connectivity index (χ3n) is 6.60. The highest BCUT2D eigenvalue weighted by Gasteiger charge is 2.21. The van der Waals surface area contributed by atoms with E-state index in [2.05, 4.69) is 111 Å². The number of rotatable bonds is 11. The Labute approximate surface area is 230 Å². The van der Waals surface area contributed by atoms with Crippen LogP contribution in [0.1, 0.15) is 49.7 Å². The van der Waals surface area contributed by atoms with Gasteiger partial charge in [0, 0.05) is 23.4 Å². The number of anilines is 2. The highest BCUT2D eigenvalue weighted by molar-refractivity contribution is 7.16. The van der Waals surface area contributed by atoms with E-state index in [1.54, 1.807) is 11.3 Å². The van der Waals surface area contributed by atoms with E-state index in [1.165, 1.54) is 5.56 Å². The number of Topliss-reactive ketones (excluding diaryl/α,β-unsaturated/α-hetero) is 1. The fourth-order valence-electron chi connectivity index (χ4n) is 4.43. The van der Waals surface area contributed by atoms with E-state index in [-0.39, 0.29) is 17.7 Å². The first-order valence-corrected chi connectivity index (χ1v) is 14.1. The number of thiazole rings is 1. The van der Waals surface area contributed by atoms with Crippen molar-refractivity contribution < 1.29 is 4.79 Å². The Balaban J connectivity index is 1.41. The predicted molar refractivity (Wildman–Crippen MR) is 164 cm³/mol. The molecule has 1 heterocycles. The first-order chi connectivity index (χ1) is 18.2. The minimum atomic E-state index is -0.158. The Kier molecular flexibility index (Phi) is 8.80.